The van der Waals surface area contributed by atoms with Crippen molar-refractivity contribution in [3.63, 3.8) is 0 Å². The quantitative estimate of drug-likeness (QED) is 0.651. The maximum Gasteiger partial charge on any atom is 0.158 e. The van der Waals surface area contributed by atoms with Crippen molar-refractivity contribution in [3.8, 4) is 5.75 Å². The second-order valence-electron chi connectivity index (χ2n) is 4.96. The highest BCUT2D eigenvalue weighted by Gasteiger charge is 2.15. The van der Waals surface area contributed by atoms with Gasteiger partial charge in [-0.1, -0.05) is 23.4 Å². The Balaban J connectivity index is 2.15. The molecule has 0 fully saturated rings. The van der Waals surface area contributed by atoms with Gasteiger partial charge in [-0.2, -0.15) is 4.91 Å². The molecular weight excluding hydrogens is 280 g/mol. The summed E-state index contributed by atoms with van der Waals surface area (Å²) in [5.41, 5.74) is 2.62. The zero-order chi connectivity index (χ0) is 15.5. The Bertz CT molecular complexity index is 796. The van der Waals surface area contributed by atoms with Crippen molar-refractivity contribution in [3.05, 3.63) is 59.2 Å². The van der Waals surface area contributed by atoms with E-state index in [1.165, 1.54) is 0 Å². The fourth-order valence-corrected chi connectivity index (χ4v) is 2.46. The molecule has 0 spiro atoms. The minimum Gasteiger partial charge on any atom is -0.497 e. The molecule has 0 unspecified atom stereocenters. The SMILES string of the molecule is COc1cc(N(C)c2ccccc2)c2oc(CN=O)cc2c1. The van der Waals surface area contributed by atoms with E-state index in [2.05, 4.69) is 5.18 Å². The molecule has 3 aromatic rings. The van der Waals surface area contributed by atoms with E-state index in [1.807, 2.05) is 60.5 Å². The van der Waals surface area contributed by atoms with Gasteiger partial charge in [0.05, 0.1) is 12.8 Å². The van der Waals surface area contributed by atoms with Gasteiger partial charge in [0.1, 0.15) is 18.1 Å². The molecule has 112 valence electrons. The number of hydrogen-bond acceptors (Lipinski definition) is 5. The van der Waals surface area contributed by atoms with Gasteiger partial charge in [-0.25, -0.2) is 0 Å². The highest BCUT2D eigenvalue weighted by atomic mass is 16.5. The number of methoxy groups -OCH3 is 1. The molecule has 5 heteroatoms. The first kappa shape index (κ1) is 14.1. The van der Waals surface area contributed by atoms with Gasteiger partial charge < -0.3 is 14.1 Å². The third kappa shape index (κ3) is 2.53. The summed E-state index contributed by atoms with van der Waals surface area (Å²) in [6.07, 6.45) is 0. The van der Waals surface area contributed by atoms with E-state index in [1.54, 1.807) is 7.11 Å². The third-order valence-electron chi connectivity index (χ3n) is 3.58. The number of rotatable bonds is 5. The lowest BCUT2D eigenvalue weighted by Gasteiger charge is -2.20. The van der Waals surface area contributed by atoms with Gasteiger partial charge in [-0.15, -0.1) is 0 Å². The number of hydrogen-bond donors (Lipinski definition) is 0. The molecule has 0 amide bonds. The van der Waals surface area contributed by atoms with Crippen LogP contribution in [0.3, 0.4) is 0 Å². The second-order valence-corrected chi connectivity index (χ2v) is 4.96. The van der Waals surface area contributed by atoms with Crippen LogP contribution in [0.1, 0.15) is 5.76 Å². The van der Waals surface area contributed by atoms with Crippen LogP contribution in [0.2, 0.25) is 0 Å². The summed E-state index contributed by atoms with van der Waals surface area (Å²) in [4.78, 5) is 12.5. The molecule has 2 aromatic carbocycles. The van der Waals surface area contributed by atoms with Crippen molar-refractivity contribution in [1.82, 2.24) is 0 Å². The highest BCUT2D eigenvalue weighted by molar-refractivity contribution is 5.93. The van der Waals surface area contributed by atoms with Gasteiger partial charge in [0.15, 0.2) is 5.58 Å². The predicted octanol–water partition coefficient (Wildman–Crippen LogP) is 4.48. The third-order valence-corrected chi connectivity index (χ3v) is 3.58. The molecule has 0 aliphatic carbocycles. The summed E-state index contributed by atoms with van der Waals surface area (Å²) >= 11 is 0. The van der Waals surface area contributed by atoms with Gasteiger partial charge in [0.2, 0.25) is 0 Å². The first-order valence-electron chi connectivity index (χ1n) is 6.91. The zero-order valence-electron chi connectivity index (χ0n) is 12.4. The van der Waals surface area contributed by atoms with Crippen molar-refractivity contribution in [2.24, 2.45) is 5.18 Å². The highest BCUT2D eigenvalue weighted by Crippen LogP contribution is 2.36. The fourth-order valence-electron chi connectivity index (χ4n) is 2.46. The topological polar surface area (TPSA) is 55.0 Å². The number of ether oxygens (including phenoxy) is 1. The normalized spacial score (nSPS) is 10.6. The number of anilines is 2. The first-order valence-corrected chi connectivity index (χ1v) is 6.91. The van der Waals surface area contributed by atoms with Gasteiger partial charge in [0, 0.05) is 24.2 Å². The van der Waals surface area contributed by atoms with E-state index in [0.717, 1.165) is 22.5 Å². The number of benzene rings is 2. The van der Waals surface area contributed by atoms with Crippen LogP contribution in [0, 0.1) is 4.91 Å². The van der Waals surface area contributed by atoms with Crippen LogP contribution < -0.4 is 9.64 Å². The van der Waals surface area contributed by atoms with Gasteiger partial charge in [-0.3, -0.25) is 0 Å². The summed E-state index contributed by atoms with van der Waals surface area (Å²) in [5.74, 6) is 1.28. The van der Waals surface area contributed by atoms with Crippen LogP contribution in [-0.4, -0.2) is 14.2 Å². The number of fused-ring (bicyclic) bond motifs is 1. The molecule has 0 atom stereocenters. The lowest BCUT2D eigenvalue weighted by molar-refractivity contribution is 0.415. The lowest BCUT2D eigenvalue weighted by Crippen LogP contribution is -2.09. The summed E-state index contributed by atoms with van der Waals surface area (Å²) in [5, 5.41) is 3.77. The number of nitrogens with zero attached hydrogens (tertiary/aromatic N) is 2. The molecule has 0 radical (unpaired) electrons. The van der Waals surface area contributed by atoms with Crippen LogP contribution in [0.15, 0.2) is 58.1 Å². The molecule has 0 aliphatic rings. The van der Waals surface area contributed by atoms with Crippen LogP contribution >= 0.6 is 0 Å². The number of nitroso groups, excluding NO2 is 1. The van der Waals surface area contributed by atoms with Crippen LogP contribution in [-0.2, 0) is 6.54 Å². The molecular formula is C17H16N2O3. The Morgan fingerprint density at radius 1 is 1.18 bits per heavy atom. The van der Waals surface area contributed by atoms with Crippen LogP contribution in [0.4, 0.5) is 11.4 Å². The predicted molar refractivity (Wildman–Crippen MR) is 86.8 cm³/mol. The van der Waals surface area contributed by atoms with Crippen molar-refractivity contribution in [1.29, 1.82) is 0 Å². The van der Waals surface area contributed by atoms with Crippen LogP contribution in [0.25, 0.3) is 11.0 Å². The molecule has 0 aliphatic heterocycles. The van der Waals surface area contributed by atoms with E-state index in [-0.39, 0.29) is 6.54 Å². The summed E-state index contributed by atoms with van der Waals surface area (Å²) in [6, 6.07) is 15.6. The summed E-state index contributed by atoms with van der Waals surface area (Å²) < 4.78 is 11.2. The van der Waals surface area contributed by atoms with Crippen molar-refractivity contribution in [2.45, 2.75) is 6.54 Å². The Kier molecular flexibility index (Phi) is 3.78. The summed E-state index contributed by atoms with van der Waals surface area (Å²) in [6.45, 7) is 0.0193. The summed E-state index contributed by atoms with van der Waals surface area (Å²) in [7, 11) is 3.59. The van der Waals surface area contributed by atoms with Crippen molar-refractivity contribution in [2.75, 3.05) is 19.1 Å². The molecule has 3 rings (SSSR count). The maximum absolute atomic E-state index is 10.5. The van der Waals surface area contributed by atoms with E-state index in [0.29, 0.717) is 11.3 Å². The minimum absolute atomic E-state index is 0.0193. The zero-order valence-corrected chi connectivity index (χ0v) is 12.4. The second kappa shape index (κ2) is 5.89. The molecule has 22 heavy (non-hydrogen) atoms. The number of para-hydroxylation sites is 1. The van der Waals surface area contributed by atoms with Crippen molar-refractivity contribution < 1.29 is 9.15 Å². The average Bonchev–Trinajstić information content (AvgIpc) is 2.96. The van der Waals surface area contributed by atoms with E-state index in [4.69, 9.17) is 9.15 Å². The largest absolute Gasteiger partial charge is 0.497 e. The molecule has 0 saturated carbocycles. The lowest BCUT2D eigenvalue weighted by atomic mass is 10.2. The standard InChI is InChI=1S/C17H16N2O3/c1-19(13-6-4-3-5-7-13)16-10-14(21-2)8-12-9-15(11-18-20)22-17(12)16/h3-10H,11H2,1-2H3. The fraction of sp³-hybridized carbons (Fsp3) is 0.176. The Hall–Kier alpha value is -2.82. The smallest absolute Gasteiger partial charge is 0.158 e. The molecule has 1 aromatic heterocycles. The van der Waals surface area contributed by atoms with Gasteiger partial charge in [-0.05, 0) is 24.3 Å². The molecule has 1 heterocycles. The minimum atomic E-state index is 0.0193. The molecule has 0 N–H and O–H groups in total. The molecule has 0 bridgehead atoms. The average molecular weight is 296 g/mol. The van der Waals surface area contributed by atoms with Gasteiger partial charge >= 0.3 is 0 Å². The monoisotopic (exact) mass is 296 g/mol. The Labute approximate surface area is 128 Å². The first-order chi connectivity index (χ1) is 10.7. The van der Waals surface area contributed by atoms with E-state index < -0.39 is 0 Å². The molecule has 0 saturated heterocycles. The van der Waals surface area contributed by atoms with Crippen LogP contribution in [0.5, 0.6) is 5.75 Å². The Morgan fingerprint density at radius 2 is 1.95 bits per heavy atom. The van der Waals surface area contributed by atoms with E-state index >= 15 is 0 Å². The van der Waals surface area contributed by atoms with Crippen molar-refractivity contribution >= 4 is 22.3 Å². The maximum atomic E-state index is 10.5. The van der Waals surface area contributed by atoms with E-state index in [9.17, 15) is 4.91 Å². The molecule has 5 nitrogen and oxygen atoms in total. The Morgan fingerprint density at radius 3 is 2.64 bits per heavy atom. The van der Waals surface area contributed by atoms with Gasteiger partial charge in [0.25, 0.3) is 0 Å². The number of furan rings is 1.